The number of aliphatic hydroxyl groups is 1. The molecule has 0 amide bonds. The van der Waals surface area contributed by atoms with E-state index in [9.17, 15) is 4.79 Å². The molecule has 3 heteroatoms. The quantitative estimate of drug-likeness (QED) is 0.612. The zero-order chi connectivity index (χ0) is 8.69. The average Bonchev–Trinajstić information content (AvgIpc) is 2.00. The minimum absolute atomic E-state index is 0.00110. The lowest BCUT2D eigenvalue weighted by molar-refractivity contribution is -0.148. The Morgan fingerprint density at radius 1 is 1.64 bits per heavy atom. The first-order chi connectivity index (χ1) is 5.20. The van der Waals surface area contributed by atoms with Gasteiger partial charge in [-0.25, -0.2) is 0 Å². The Kier molecular flexibility index (Phi) is 5.84. The van der Waals surface area contributed by atoms with Crippen molar-refractivity contribution in [2.45, 2.75) is 39.2 Å². The minimum Gasteiger partial charge on any atom is -0.463 e. The number of carbonyl (C=O) groups is 1. The summed E-state index contributed by atoms with van der Waals surface area (Å²) in [5.74, 6) is -0.214. The van der Waals surface area contributed by atoms with E-state index < -0.39 is 0 Å². The van der Waals surface area contributed by atoms with Crippen molar-refractivity contribution in [1.29, 1.82) is 0 Å². The van der Waals surface area contributed by atoms with Crippen molar-refractivity contribution in [3.05, 3.63) is 0 Å². The van der Waals surface area contributed by atoms with E-state index in [4.69, 9.17) is 9.84 Å². The molecule has 0 aliphatic carbocycles. The molecule has 0 heterocycles. The largest absolute Gasteiger partial charge is 0.463 e. The Bertz CT molecular complexity index is 112. The van der Waals surface area contributed by atoms with Crippen LogP contribution in [-0.2, 0) is 9.53 Å². The molecule has 11 heavy (non-hydrogen) atoms. The van der Waals surface area contributed by atoms with Gasteiger partial charge < -0.3 is 9.84 Å². The van der Waals surface area contributed by atoms with E-state index in [1.165, 1.54) is 0 Å². The summed E-state index contributed by atoms with van der Waals surface area (Å²) in [6, 6.07) is 0. The van der Waals surface area contributed by atoms with Crippen molar-refractivity contribution >= 4 is 5.97 Å². The van der Waals surface area contributed by atoms with Crippen LogP contribution in [0.5, 0.6) is 0 Å². The average molecular weight is 160 g/mol. The number of carbonyl (C=O) groups excluding carboxylic acids is 1. The summed E-state index contributed by atoms with van der Waals surface area (Å²) in [4.78, 5) is 10.8. The van der Waals surface area contributed by atoms with Crippen LogP contribution in [0.4, 0.5) is 0 Å². The summed E-state index contributed by atoms with van der Waals surface area (Å²) in [5.41, 5.74) is 0. The molecule has 1 N–H and O–H groups in total. The smallest absolute Gasteiger partial charge is 0.306 e. The van der Waals surface area contributed by atoms with Crippen molar-refractivity contribution in [1.82, 2.24) is 0 Å². The van der Waals surface area contributed by atoms with Crippen molar-refractivity contribution in [2.24, 2.45) is 0 Å². The molecule has 0 aromatic rings. The van der Waals surface area contributed by atoms with Crippen molar-refractivity contribution in [2.75, 3.05) is 6.61 Å². The molecule has 0 bridgehead atoms. The number of ether oxygens (including phenoxy) is 1. The molecule has 0 spiro atoms. The first kappa shape index (κ1) is 10.4. The zero-order valence-corrected chi connectivity index (χ0v) is 7.17. The number of aliphatic hydroxyl groups excluding tert-OH is 1. The molecule has 0 aliphatic rings. The molecule has 0 radical (unpaired) electrons. The first-order valence-corrected chi connectivity index (χ1v) is 4.01. The van der Waals surface area contributed by atoms with Gasteiger partial charge in [0, 0.05) is 13.0 Å². The van der Waals surface area contributed by atoms with Gasteiger partial charge in [0.05, 0.1) is 6.10 Å². The second-order valence-corrected chi connectivity index (χ2v) is 2.54. The molecule has 0 rings (SSSR count). The van der Waals surface area contributed by atoms with Gasteiger partial charge in [-0.3, -0.25) is 4.79 Å². The maximum Gasteiger partial charge on any atom is 0.306 e. The van der Waals surface area contributed by atoms with Crippen LogP contribution in [-0.4, -0.2) is 23.8 Å². The van der Waals surface area contributed by atoms with Crippen molar-refractivity contribution < 1.29 is 14.6 Å². The molecule has 0 fully saturated rings. The fourth-order valence-electron chi connectivity index (χ4n) is 0.590. The Morgan fingerprint density at radius 3 is 2.73 bits per heavy atom. The highest BCUT2D eigenvalue weighted by molar-refractivity contribution is 5.69. The van der Waals surface area contributed by atoms with Gasteiger partial charge in [0.2, 0.25) is 0 Å². The number of hydrogen-bond donors (Lipinski definition) is 1. The van der Waals surface area contributed by atoms with E-state index in [2.05, 4.69) is 0 Å². The number of esters is 1. The fraction of sp³-hybridized carbons (Fsp3) is 0.875. The van der Waals surface area contributed by atoms with Gasteiger partial charge in [-0.05, 0) is 19.8 Å². The van der Waals surface area contributed by atoms with Crippen LogP contribution in [0.25, 0.3) is 0 Å². The van der Waals surface area contributed by atoms with E-state index in [-0.39, 0.29) is 18.7 Å². The lowest BCUT2D eigenvalue weighted by atomic mass is 10.3. The van der Waals surface area contributed by atoms with Crippen LogP contribution < -0.4 is 0 Å². The molecule has 1 atom stereocenters. The van der Waals surface area contributed by atoms with Gasteiger partial charge in [-0.15, -0.1) is 0 Å². The summed E-state index contributed by atoms with van der Waals surface area (Å²) in [6.07, 6.45) is 1.65. The topological polar surface area (TPSA) is 46.5 Å². The highest BCUT2D eigenvalue weighted by Gasteiger charge is 2.05. The summed E-state index contributed by atoms with van der Waals surface area (Å²) in [7, 11) is 0. The van der Waals surface area contributed by atoms with E-state index >= 15 is 0 Å². The maximum absolute atomic E-state index is 10.8. The van der Waals surface area contributed by atoms with Gasteiger partial charge in [0.15, 0.2) is 0 Å². The molecule has 66 valence electrons. The molecule has 0 aliphatic heterocycles. The second kappa shape index (κ2) is 6.16. The number of rotatable bonds is 5. The third-order valence-corrected chi connectivity index (χ3v) is 1.45. The standard InChI is InChI=1S/C8H16O3/c1-3-7(2)11-8(10)5-4-6-9/h7,9H,3-6H2,1-2H3. The second-order valence-electron chi connectivity index (χ2n) is 2.54. The lowest BCUT2D eigenvalue weighted by Gasteiger charge is -2.09. The molecule has 0 saturated heterocycles. The summed E-state index contributed by atoms with van der Waals surface area (Å²) < 4.78 is 4.95. The highest BCUT2D eigenvalue weighted by atomic mass is 16.5. The predicted molar refractivity (Wildman–Crippen MR) is 42.2 cm³/mol. The lowest BCUT2D eigenvalue weighted by Crippen LogP contribution is -2.13. The van der Waals surface area contributed by atoms with Gasteiger partial charge in [0.25, 0.3) is 0 Å². The van der Waals surface area contributed by atoms with Crippen LogP contribution in [0.1, 0.15) is 33.1 Å². The molecule has 3 nitrogen and oxygen atoms in total. The monoisotopic (exact) mass is 160 g/mol. The minimum atomic E-state index is -0.214. The van der Waals surface area contributed by atoms with Crippen molar-refractivity contribution in [3.63, 3.8) is 0 Å². The Balaban J connectivity index is 3.36. The van der Waals surface area contributed by atoms with Crippen LogP contribution in [0, 0.1) is 0 Å². The van der Waals surface area contributed by atoms with Crippen molar-refractivity contribution in [3.8, 4) is 0 Å². The molecule has 0 aromatic heterocycles. The Hall–Kier alpha value is -0.570. The highest BCUT2D eigenvalue weighted by Crippen LogP contribution is 1.99. The zero-order valence-electron chi connectivity index (χ0n) is 7.17. The van der Waals surface area contributed by atoms with Gasteiger partial charge in [0.1, 0.15) is 0 Å². The maximum atomic E-state index is 10.8. The van der Waals surface area contributed by atoms with Gasteiger partial charge in [-0.1, -0.05) is 6.92 Å². The molecule has 1 unspecified atom stereocenters. The first-order valence-electron chi connectivity index (χ1n) is 4.01. The van der Waals surface area contributed by atoms with E-state index in [0.717, 1.165) is 6.42 Å². The molecular weight excluding hydrogens is 144 g/mol. The number of hydrogen-bond acceptors (Lipinski definition) is 3. The van der Waals surface area contributed by atoms with Gasteiger partial charge >= 0.3 is 5.97 Å². The summed E-state index contributed by atoms with van der Waals surface area (Å²) in [5, 5.41) is 8.40. The van der Waals surface area contributed by atoms with Crippen LogP contribution in [0.2, 0.25) is 0 Å². The molecule has 0 saturated carbocycles. The normalized spacial score (nSPS) is 12.6. The van der Waals surface area contributed by atoms with Crippen LogP contribution in [0.3, 0.4) is 0 Å². The van der Waals surface area contributed by atoms with E-state index in [0.29, 0.717) is 12.8 Å². The fourth-order valence-corrected chi connectivity index (χ4v) is 0.590. The van der Waals surface area contributed by atoms with Crippen LogP contribution >= 0.6 is 0 Å². The molecule has 0 aromatic carbocycles. The third kappa shape index (κ3) is 5.85. The van der Waals surface area contributed by atoms with Gasteiger partial charge in [-0.2, -0.15) is 0 Å². The predicted octanol–water partition coefficient (Wildman–Crippen LogP) is 1.10. The Labute approximate surface area is 67.4 Å². The van der Waals surface area contributed by atoms with E-state index in [1.54, 1.807) is 0 Å². The third-order valence-electron chi connectivity index (χ3n) is 1.45. The summed E-state index contributed by atoms with van der Waals surface area (Å²) >= 11 is 0. The SMILES string of the molecule is CCC(C)OC(=O)CCCO. The molecular formula is C8H16O3. The van der Waals surface area contributed by atoms with E-state index in [1.807, 2.05) is 13.8 Å². The Morgan fingerprint density at radius 2 is 2.27 bits per heavy atom. The van der Waals surface area contributed by atoms with Crippen LogP contribution in [0.15, 0.2) is 0 Å². The summed E-state index contributed by atoms with van der Waals surface area (Å²) in [6.45, 7) is 3.87.